The summed E-state index contributed by atoms with van der Waals surface area (Å²) in [6.07, 6.45) is 6.56. The Balaban J connectivity index is 2.18. The fraction of sp³-hybridized carbons (Fsp3) is 0.667. The second-order valence-corrected chi connectivity index (χ2v) is 3.49. The highest BCUT2D eigenvalue weighted by atomic mass is 16.4. The highest BCUT2D eigenvalue weighted by molar-refractivity contribution is 5.76. The van der Waals surface area contributed by atoms with Crippen LogP contribution in [0.3, 0.4) is 0 Å². The molecule has 3 aliphatic rings. The van der Waals surface area contributed by atoms with Gasteiger partial charge >= 0.3 is 5.97 Å². The molecule has 2 nitrogen and oxygen atoms in total. The average Bonchev–Trinajstić information content (AvgIpc) is 2.15. The highest BCUT2D eigenvalue weighted by Crippen LogP contribution is 2.45. The zero-order valence-corrected chi connectivity index (χ0v) is 6.42. The van der Waals surface area contributed by atoms with Crippen molar-refractivity contribution >= 4 is 5.97 Å². The topological polar surface area (TPSA) is 37.3 Å². The lowest BCUT2D eigenvalue weighted by Crippen LogP contribution is -2.34. The molecule has 2 atom stereocenters. The van der Waals surface area contributed by atoms with Crippen LogP contribution in [0.2, 0.25) is 0 Å². The molecule has 0 radical (unpaired) electrons. The molecule has 0 aromatic carbocycles. The highest BCUT2D eigenvalue weighted by Gasteiger charge is 2.41. The van der Waals surface area contributed by atoms with Crippen LogP contribution < -0.4 is 0 Å². The van der Waals surface area contributed by atoms with Gasteiger partial charge in [0.25, 0.3) is 0 Å². The van der Waals surface area contributed by atoms with Crippen LogP contribution >= 0.6 is 0 Å². The van der Waals surface area contributed by atoms with Gasteiger partial charge < -0.3 is 5.11 Å². The first-order valence-corrected chi connectivity index (χ1v) is 4.21. The van der Waals surface area contributed by atoms with Crippen LogP contribution in [0.15, 0.2) is 11.6 Å². The van der Waals surface area contributed by atoms with Crippen LogP contribution in [-0.4, -0.2) is 11.1 Å². The molecule has 0 saturated heterocycles. The second-order valence-electron chi connectivity index (χ2n) is 3.49. The molecule has 1 fully saturated rings. The van der Waals surface area contributed by atoms with Crippen molar-refractivity contribution < 1.29 is 9.90 Å². The molecular formula is C9H12O2. The lowest BCUT2D eigenvalue weighted by molar-refractivity contribution is -0.144. The van der Waals surface area contributed by atoms with Crippen molar-refractivity contribution in [3.8, 4) is 0 Å². The quantitative estimate of drug-likeness (QED) is 0.582. The van der Waals surface area contributed by atoms with Gasteiger partial charge in [-0.3, -0.25) is 4.79 Å². The van der Waals surface area contributed by atoms with Crippen molar-refractivity contribution in [1.29, 1.82) is 0 Å². The van der Waals surface area contributed by atoms with Gasteiger partial charge in [-0.1, -0.05) is 11.6 Å². The molecule has 60 valence electrons. The van der Waals surface area contributed by atoms with E-state index < -0.39 is 5.97 Å². The SMILES string of the molecule is O=C(O)C1C2=CCCCC1C2. The summed E-state index contributed by atoms with van der Waals surface area (Å²) in [7, 11) is 0. The number of allylic oxidation sites excluding steroid dienone is 1. The van der Waals surface area contributed by atoms with E-state index in [1.54, 1.807) is 0 Å². The number of hydrogen-bond donors (Lipinski definition) is 1. The number of aliphatic carboxylic acids is 1. The molecule has 2 unspecified atom stereocenters. The van der Waals surface area contributed by atoms with Gasteiger partial charge in [0.1, 0.15) is 0 Å². The van der Waals surface area contributed by atoms with E-state index in [-0.39, 0.29) is 5.92 Å². The Kier molecular flexibility index (Phi) is 1.48. The maximum atomic E-state index is 10.7. The van der Waals surface area contributed by atoms with Crippen molar-refractivity contribution in [2.75, 3.05) is 0 Å². The molecule has 2 heteroatoms. The third-order valence-corrected chi connectivity index (χ3v) is 2.82. The smallest absolute Gasteiger partial charge is 0.310 e. The maximum Gasteiger partial charge on any atom is 0.310 e. The molecule has 0 spiro atoms. The Labute approximate surface area is 65.9 Å². The van der Waals surface area contributed by atoms with Crippen molar-refractivity contribution in [2.24, 2.45) is 11.8 Å². The summed E-state index contributed by atoms with van der Waals surface area (Å²) < 4.78 is 0. The molecule has 0 aromatic rings. The maximum absolute atomic E-state index is 10.7. The summed E-state index contributed by atoms with van der Waals surface area (Å²) >= 11 is 0. The summed E-state index contributed by atoms with van der Waals surface area (Å²) in [5.74, 6) is -0.270. The minimum absolute atomic E-state index is 0.113. The van der Waals surface area contributed by atoms with E-state index in [2.05, 4.69) is 6.08 Å². The third-order valence-electron chi connectivity index (χ3n) is 2.82. The fourth-order valence-corrected chi connectivity index (χ4v) is 2.20. The molecule has 1 saturated carbocycles. The molecule has 0 aromatic heterocycles. The van der Waals surface area contributed by atoms with Crippen molar-refractivity contribution in [3.05, 3.63) is 11.6 Å². The molecular weight excluding hydrogens is 140 g/mol. The van der Waals surface area contributed by atoms with Crippen LogP contribution in [0, 0.1) is 11.8 Å². The number of carboxylic acid groups (broad SMARTS) is 1. The molecule has 3 rings (SSSR count). The van der Waals surface area contributed by atoms with E-state index in [9.17, 15) is 4.79 Å². The van der Waals surface area contributed by atoms with Crippen LogP contribution in [0.4, 0.5) is 0 Å². The van der Waals surface area contributed by atoms with Crippen LogP contribution in [0.1, 0.15) is 25.7 Å². The Hall–Kier alpha value is -0.790. The summed E-state index contributed by atoms with van der Waals surface area (Å²) in [6, 6.07) is 0. The van der Waals surface area contributed by atoms with Gasteiger partial charge in [-0.25, -0.2) is 0 Å². The van der Waals surface area contributed by atoms with E-state index in [1.807, 2.05) is 0 Å². The molecule has 11 heavy (non-hydrogen) atoms. The van der Waals surface area contributed by atoms with Gasteiger partial charge in [0.15, 0.2) is 0 Å². The Morgan fingerprint density at radius 3 is 3.18 bits per heavy atom. The van der Waals surface area contributed by atoms with Crippen molar-refractivity contribution in [3.63, 3.8) is 0 Å². The van der Waals surface area contributed by atoms with Gasteiger partial charge in [-0.15, -0.1) is 0 Å². The Morgan fingerprint density at radius 2 is 2.45 bits per heavy atom. The van der Waals surface area contributed by atoms with Crippen LogP contribution in [0.25, 0.3) is 0 Å². The summed E-state index contributed by atoms with van der Waals surface area (Å²) in [5.41, 5.74) is 1.18. The summed E-state index contributed by atoms with van der Waals surface area (Å²) in [4.78, 5) is 10.7. The van der Waals surface area contributed by atoms with Crippen molar-refractivity contribution in [1.82, 2.24) is 0 Å². The molecule has 0 amide bonds. The Bertz CT molecular complexity index is 218. The zero-order valence-electron chi connectivity index (χ0n) is 6.42. The van der Waals surface area contributed by atoms with Gasteiger partial charge in [-0.2, -0.15) is 0 Å². The molecule has 1 N–H and O–H groups in total. The summed E-state index contributed by atoms with van der Waals surface area (Å²) in [6.45, 7) is 0. The molecule has 2 bridgehead atoms. The normalized spacial score (nSPS) is 35.1. The molecule has 0 aliphatic heterocycles. The van der Waals surface area contributed by atoms with Gasteiger partial charge in [0, 0.05) is 0 Å². The zero-order chi connectivity index (χ0) is 7.84. The first-order chi connectivity index (χ1) is 5.29. The first-order valence-electron chi connectivity index (χ1n) is 4.21. The Morgan fingerprint density at radius 1 is 1.64 bits per heavy atom. The van der Waals surface area contributed by atoms with E-state index in [1.165, 1.54) is 12.0 Å². The fourth-order valence-electron chi connectivity index (χ4n) is 2.20. The van der Waals surface area contributed by atoms with E-state index in [4.69, 9.17) is 5.11 Å². The monoisotopic (exact) mass is 152 g/mol. The largest absolute Gasteiger partial charge is 0.481 e. The van der Waals surface area contributed by atoms with Crippen LogP contribution in [-0.2, 0) is 4.79 Å². The lowest BCUT2D eigenvalue weighted by Gasteiger charge is -2.35. The first kappa shape index (κ1) is 6.89. The molecule has 0 heterocycles. The van der Waals surface area contributed by atoms with E-state index in [0.29, 0.717) is 5.92 Å². The minimum Gasteiger partial charge on any atom is -0.481 e. The average molecular weight is 152 g/mol. The summed E-state index contributed by atoms with van der Waals surface area (Å²) in [5, 5.41) is 8.82. The third kappa shape index (κ3) is 0.971. The number of rotatable bonds is 1. The number of hydrogen-bond acceptors (Lipinski definition) is 1. The molecule has 3 aliphatic carbocycles. The number of fused-ring (bicyclic) bond motifs is 3. The lowest BCUT2D eigenvalue weighted by atomic mass is 9.69. The van der Waals surface area contributed by atoms with Gasteiger partial charge in [0.2, 0.25) is 0 Å². The van der Waals surface area contributed by atoms with E-state index in [0.717, 1.165) is 19.3 Å². The van der Waals surface area contributed by atoms with E-state index >= 15 is 0 Å². The van der Waals surface area contributed by atoms with Crippen LogP contribution in [0.5, 0.6) is 0 Å². The van der Waals surface area contributed by atoms with Crippen molar-refractivity contribution in [2.45, 2.75) is 25.7 Å². The van der Waals surface area contributed by atoms with Gasteiger partial charge in [0.05, 0.1) is 5.92 Å². The predicted octanol–water partition coefficient (Wildman–Crippen LogP) is 1.82. The predicted molar refractivity (Wildman–Crippen MR) is 41.2 cm³/mol. The number of carboxylic acids is 1. The number of carbonyl (C=O) groups is 1. The standard InChI is InChI=1S/C9H12O2/c10-9(11)8-6-3-1-2-4-7(8)5-6/h3,7-8H,1-2,4-5H2,(H,10,11). The second kappa shape index (κ2) is 2.36. The minimum atomic E-state index is -0.616. The van der Waals surface area contributed by atoms with Gasteiger partial charge in [-0.05, 0) is 31.6 Å².